The Kier molecular flexibility index (Phi) is 5.41. The topological polar surface area (TPSA) is 80.0 Å². The van der Waals surface area contributed by atoms with Gasteiger partial charge in [0.15, 0.2) is 0 Å². The van der Waals surface area contributed by atoms with Crippen molar-refractivity contribution in [1.29, 1.82) is 0 Å². The zero-order valence-corrected chi connectivity index (χ0v) is 19.7. The molecule has 6 nitrogen and oxygen atoms in total. The van der Waals surface area contributed by atoms with Crippen molar-refractivity contribution >= 4 is 5.97 Å². The molecule has 1 saturated carbocycles. The molecule has 3 aromatic carbocycles. The summed E-state index contributed by atoms with van der Waals surface area (Å²) in [6.07, 6.45) is -0.523. The molecule has 2 N–H and O–H groups in total. The Morgan fingerprint density at radius 2 is 1.73 bits per heavy atom. The number of hydrogen-bond donors (Lipinski definition) is 2. The Balaban J connectivity index is 1.31. The van der Waals surface area contributed by atoms with Crippen LogP contribution in [-0.4, -0.2) is 39.2 Å². The molecule has 2 unspecified atom stereocenters. The molecule has 37 heavy (non-hydrogen) atoms. The van der Waals surface area contributed by atoms with E-state index in [1.807, 2.05) is 18.2 Å². The lowest BCUT2D eigenvalue weighted by Gasteiger charge is -2.23. The van der Waals surface area contributed by atoms with Gasteiger partial charge in [0.05, 0.1) is 23.0 Å². The number of alkyl halides is 3. The van der Waals surface area contributed by atoms with Gasteiger partial charge in [-0.25, -0.2) is 9.48 Å². The maximum Gasteiger partial charge on any atom is 0.416 e. The van der Waals surface area contributed by atoms with Crippen LogP contribution in [-0.2, 0) is 11.6 Å². The molecule has 1 aliphatic heterocycles. The first-order valence-electron chi connectivity index (χ1n) is 12.0. The number of nitrogens with one attached hydrogen (secondary N) is 1. The molecule has 188 valence electrons. The molecule has 1 saturated heterocycles. The minimum atomic E-state index is -4.42. The second-order valence-electron chi connectivity index (χ2n) is 9.79. The highest BCUT2D eigenvalue weighted by atomic mass is 19.4. The second kappa shape index (κ2) is 8.55. The van der Waals surface area contributed by atoms with E-state index in [2.05, 4.69) is 27.8 Å². The third-order valence-electron chi connectivity index (χ3n) is 7.59. The van der Waals surface area contributed by atoms with Crippen LogP contribution in [0.5, 0.6) is 0 Å². The molecule has 6 rings (SSSR count). The number of carboxylic acids is 1. The predicted octanol–water partition coefficient (Wildman–Crippen LogP) is 5.57. The van der Waals surface area contributed by atoms with Gasteiger partial charge >= 0.3 is 12.1 Å². The van der Waals surface area contributed by atoms with Gasteiger partial charge in [-0.1, -0.05) is 41.6 Å². The van der Waals surface area contributed by atoms with E-state index in [9.17, 15) is 23.1 Å². The van der Waals surface area contributed by atoms with Gasteiger partial charge in [0.2, 0.25) is 0 Å². The summed E-state index contributed by atoms with van der Waals surface area (Å²) in [5.74, 6) is -0.391. The fraction of sp³-hybridized carbons (Fsp3) is 0.250. The smallest absolute Gasteiger partial charge is 0.416 e. The van der Waals surface area contributed by atoms with E-state index in [1.54, 1.807) is 12.3 Å². The van der Waals surface area contributed by atoms with Crippen LogP contribution in [0.15, 0.2) is 72.9 Å². The third kappa shape index (κ3) is 4.29. The third-order valence-corrected chi connectivity index (χ3v) is 7.59. The number of benzene rings is 3. The standard InChI is InChI=1S/C28H23F3N4O2/c29-28(30,31)22-7-3-18(4-8-22)25-16-35(34-33-25)24-12-19(11-20(13-24)26(36)37)17-1-5-21(6-2-17)27-9-10-32-15-23(27)14-27/h1-8,11-13,16,23,32H,9-10,14-15H2,(H,36,37). The minimum Gasteiger partial charge on any atom is -0.478 e. The monoisotopic (exact) mass is 504 g/mol. The summed E-state index contributed by atoms with van der Waals surface area (Å²) >= 11 is 0. The summed E-state index contributed by atoms with van der Waals surface area (Å²) < 4.78 is 40.1. The number of piperidine rings is 1. The molecular formula is C28H23F3N4O2. The molecule has 2 heterocycles. The number of nitrogens with zero attached hydrogens (tertiary/aromatic N) is 3. The second-order valence-corrected chi connectivity index (χ2v) is 9.79. The van der Waals surface area contributed by atoms with Gasteiger partial charge in [-0.05, 0) is 78.9 Å². The van der Waals surface area contributed by atoms with Crippen LogP contribution < -0.4 is 5.32 Å². The Bertz CT molecular complexity index is 1480. The Hall–Kier alpha value is -3.98. The van der Waals surface area contributed by atoms with Crippen molar-refractivity contribution in [3.8, 4) is 28.1 Å². The summed E-state index contributed by atoms with van der Waals surface area (Å²) in [5, 5.41) is 21.4. The van der Waals surface area contributed by atoms with Crippen LogP contribution in [0.25, 0.3) is 28.1 Å². The zero-order valence-electron chi connectivity index (χ0n) is 19.7. The van der Waals surface area contributed by atoms with Crippen molar-refractivity contribution in [2.45, 2.75) is 24.4 Å². The van der Waals surface area contributed by atoms with Gasteiger partial charge in [0.1, 0.15) is 5.69 Å². The van der Waals surface area contributed by atoms with Crippen LogP contribution in [0.4, 0.5) is 13.2 Å². The number of carboxylic acid groups (broad SMARTS) is 1. The molecule has 2 aliphatic rings. The van der Waals surface area contributed by atoms with E-state index < -0.39 is 17.7 Å². The highest BCUT2D eigenvalue weighted by Crippen LogP contribution is 2.57. The summed E-state index contributed by atoms with van der Waals surface area (Å²) in [6, 6.07) is 18.0. The van der Waals surface area contributed by atoms with Gasteiger partial charge < -0.3 is 10.4 Å². The highest BCUT2D eigenvalue weighted by molar-refractivity contribution is 5.90. The Morgan fingerprint density at radius 3 is 2.41 bits per heavy atom. The maximum absolute atomic E-state index is 12.9. The first-order chi connectivity index (χ1) is 17.7. The number of aromatic carboxylic acids is 1. The maximum atomic E-state index is 12.9. The minimum absolute atomic E-state index is 0.0994. The summed E-state index contributed by atoms with van der Waals surface area (Å²) in [6.45, 7) is 2.08. The number of carbonyl (C=O) groups is 1. The van der Waals surface area contributed by atoms with Crippen LogP contribution in [0.2, 0.25) is 0 Å². The molecule has 0 spiro atoms. The average molecular weight is 505 g/mol. The molecule has 0 bridgehead atoms. The first-order valence-corrected chi connectivity index (χ1v) is 12.0. The van der Waals surface area contributed by atoms with E-state index >= 15 is 0 Å². The lowest BCUT2D eigenvalue weighted by atomic mass is 9.87. The van der Waals surface area contributed by atoms with Crippen molar-refractivity contribution < 1.29 is 23.1 Å². The fourth-order valence-corrected chi connectivity index (χ4v) is 5.42. The normalized spacial score (nSPS) is 20.9. The SMILES string of the molecule is O=C(O)c1cc(-c2ccc(C34CCNCC3C4)cc2)cc(-n2cc(-c3ccc(C(F)(F)F)cc3)nn2)c1. The van der Waals surface area contributed by atoms with Crippen molar-refractivity contribution in [2.24, 2.45) is 5.92 Å². The summed E-state index contributed by atoms with van der Waals surface area (Å²) in [5.41, 5.74) is 3.90. The highest BCUT2D eigenvalue weighted by Gasteiger charge is 2.55. The molecule has 0 radical (unpaired) electrons. The number of rotatable bonds is 5. The Morgan fingerprint density at radius 1 is 1.00 bits per heavy atom. The van der Waals surface area contributed by atoms with Crippen LogP contribution >= 0.6 is 0 Å². The van der Waals surface area contributed by atoms with E-state index in [1.165, 1.54) is 34.9 Å². The van der Waals surface area contributed by atoms with E-state index in [0.717, 1.165) is 42.8 Å². The number of halogens is 3. The number of fused-ring (bicyclic) bond motifs is 1. The summed E-state index contributed by atoms with van der Waals surface area (Å²) in [7, 11) is 0. The number of aromatic nitrogens is 3. The van der Waals surface area contributed by atoms with E-state index in [0.29, 0.717) is 22.9 Å². The largest absolute Gasteiger partial charge is 0.478 e. The van der Waals surface area contributed by atoms with E-state index in [4.69, 9.17) is 0 Å². The van der Waals surface area contributed by atoms with Crippen molar-refractivity contribution in [2.75, 3.05) is 13.1 Å². The molecule has 4 aromatic rings. The van der Waals surface area contributed by atoms with Crippen molar-refractivity contribution in [3.05, 3.63) is 89.6 Å². The van der Waals surface area contributed by atoms with Gasteiger partial charge in [0, 0.05) is 11.0 Å². The molecule has 2 atom stereocenters. The van der Waals surface area contributed by atoms with Gasteiger partial charge in [-0.15, -0.1) is 5.10 Å². The molecule has 0 amide bonds. The molecule has 9 heteroatoms. The van der Waals surface area contributed by atoms with Crippen molar-refractivity contribution in [1.82, 2.24) is 20.3 Å². The molecule has 2 fully saturated rings. The van der Waals surface area contributed by atoms with Gasteiger partial charge in [-0.3, -0.25) is 0 Å². The first kappa shape index (κ1) is 23.4. The van der Waals surface area contributed by atoms with E-state index in [-0.39, 0.29) is 11.0 Å². The molecule has 1 aliphatic carbocycles. The average Bonchev–Trinajstić information content (AvgIpc) is 3.46. The van der Waals surface area contributed by atoms with Crippen LogP contribution in [0.1, 0.15) is 34.3 Å². The van der Waals surface area contributed by atoms with Crippen LogP contribution in [0.3, 0.4) is 0 Å². The summed E-state index contributed by atoms with van der Waals surface area (Å²) in [4.78, 5) is 11.9. The lowest BCUT2D eigenvalue weighted by Crippen LogP contribution is -2.31. The fourth-order valence-electron chi connectivity index (χ4n) is 5.42. The number of hydrogen-bond acceptors (Lipinski definition) is 4. The van der Waals surface area contributed by atoms with Gasteiger partial charge in [0.25, 0.3) is 0 Å². The predicted molar refractivity (Wildman–Crippen MR) is 131 cm³/mol. The quantitative estimate of drug-likeness (QED) is 0.372. The zero-order chi connectivity index (χ0) is 25.8. The lowest BCUT2D eigenvalue weighted by molar-refractivity contribution is -0.137. The van der Waals surface area contributed by atoms with Crippen LogP contribution in [0, 0.1) is 5.92 Å². The molecule has 1 aromatic heterocycles. The Labute approximate surface area is 210 Å². The van der Waals surface area contributed by atoms with Crippen molar-refractivity contribution in [3.63, 3.8) is 0 Å². The molecular weight excluding hydrogens is 481 g/mol. The van der Waals surface area contributed by atoms with Gasteiger partial charge in [-0.2, -0.15) is 13.2 Å².